The van der Waals surface area contributed by atoms with Gasteiger partial charge in [0.15, 0.2) is 0 Å². The topological polar surface area (TPSA) is 52.9 Å². The molecule has 0 saturated carbocycles. The minimum atomic E-state index is -0.849. The molecule has 19 heavy (non-hydrogen) atoms. The fourth-order valence-electron chi connectivity index (χ4n) is 1.57. The monoisotopic (exact) mass is 278 g/mol. The van der Waals surface area contributed by atoms with Crippen molar-refractivity contribution in [3.05, 3.63) is 34.9 Å². The van der Waals surface area contributed by atoms with Crippen LogP contribution in [-0.4, -0.2) is 11.4 Å². The van der Waals surface area contributed by atoms with Gasteiger partial charge in [-0.05, 0) is 37.5 Å². The third kappa shape index (κ3) is 3.71. The van der Waals surface area contributed by atoms with Crippen LogP contribution in [0.15, 0.2) is 24.3 Å². The minimum absolute atomic E-state index is 0.0406. The van der Waals surface area contributed by atoms with Crippen LogP contribution < -0.4 is 5.32 Å². The number of halogens is 1. The van der Waals surface area contributed by atoms with Gasteiger partial charge in [0.25, 0.3) is 0 Å². The lowest BCUT2D eigenvalue weighted by Crippen LogP contribution is -2.50. The number of carbonyl (C=O) groups is 1. The Kier molecular flexibility index (Phi) is 4.97. The molecule has 0 aliphatic heterocycles. The van der Waals surface area contributed by atoms with Gasteiger partial charge in [-0.3, -0.25) is 4.79 Å². The molecule has 0 bridgehead atoms. The summed E-state index contributed by atoms with van der Waals surface area (Å²) in [7, 11) is 0. The Morgan fingerprint density at radius 3 is 2.26 bits per heavy atom. The van der Waals surface area contributed by atoms with Crippen LogP contribution in [0.4, 0.5) is 0 Å². The zero-order chi connectivity index (χ0) is 14.6. The minimum Gasteiger partial charge on any atom is -0.337 e. The normalized spacial score (nSPS) is 15.4. The van der Waals surface area contributed by atoms with Gasteiger partial charge in [0, 0.05) is 5.02 Å². The van der Waals surface area contributed by atoms with Crippen molar-refractivity contribution in [2.75, 3.05) is 0 Å². The highest BCUT2D eigenvalue weighted by Crippen LogP contribution is 2.21. The highest BCUT2D eigenvalue weighted by molar-refractivity contribution is 6.30. The van der Waals surface area contributed by atoms with E-state index in [1.54, 1.807) is 19.1 Å². The van der Waals surface area contributed by atoms with Gasteiger partial charge in [-0.1, -0.05) is 37.6 Å². The van der Waals surface area contributed by atoms with E-state index < -0.39 is 5.54 Å². The SMILES string of the molecule is CC(C(=O)NC(C)(C#N)C(C)C)c1ccc(Cl)cc1. The van der Waals surface area contributed by atoms with Gasteiger partial charge in [0.1, 0.15) is 5.54 Å². The Bertz CT molecular complexity index is 490. The second-order valence-corrected chi connectivity index (χ2v) is 5.67. The Morgan fingerprint density at radius 2 is 1.84 bits per heavy atom. The van der Waals surface area contributed by atoms with E-state index in [0.29, 0.717) is 5.02 Å². The molecule has 2 atom stereocenters. The van der Waals surface area contributed by atoms with E-state index in [1.165, 1.54) is 0 Å². The van der Waals surface area contributed by atoms with Gasteiger partial charge >= 0.3 is 0 Å². The van der Waals surface area contributed by atoms with Crippen LogP contribution in [0.1, 0.15) is 39.2 Å². The van der Waals surface area contributed by atoms with Crippen molar-refractivity contribution >= 4 is 17.5 Å². The van der Waals surface area contributed by atoms with E-state index in [0.717, 1.165) is 5.56 Å². The van der Waals surface area contributed by atoms with E-state index >= 15 is 0 Å². The highest BCUT2D eigenvalue weighted by atomic mass is 35.5. The lowest BCUT2D eigenvalue weighted by atomic mass is 9.88. The number of rotatable bonds is 4. The number of carbonyl (C=O) groups excluding carboxylic acids is 1. The first-order valence-electron chi connectivity index (χ1n) is 6.29. The third-order valence-electron chi connectivity index (χ3n) is 3.53. The van der Waals surface area contributed by atoms with Gasteiger partial charge in [-0.2, -0.15) is 5.26 Å². The van der Waals surface area contributed by atoms with Crippen LogP contribution in [0.3, 0.4) is 0 Å². The lowest BCUT2D eigenvalue weighted by Gasteiger charge is -2.28. The molecule has 1 amide bonds. The lowest BCUT2D eigenvalue weighted by molar-refractivity contribution is -0.123. The van der Waals surface area contributed by atoms with Crippen LogP contribution in [0, 0.1) is 17.2 Å². The van der Waals surface area contributed by atoms with Gasteiger partial charge in [0.2, 0.25) is 5.91 Å². The molecule has 3 nitrogen and oxygen atoms in total. The molecule has 1 rings (SSSR count). The number of benzene rings is 1. The average Bonchev–Trinajstić information content (AvgIpc) is 2.38. The van der Waals surface area contributed by atoms with Crippen LogP contribution in [0.5, 0.6) is 0 Å². The molecule has 0 aromatic heterocycles. The number of nitrogens with one attached hydrogen (secondary N) is 1. The molecule has 2 unspecified atom stereocenters. The molecular weight excluding hydrogens is 260 g/mol. The van der Waals surface area contributed by atoms with E-state index in [4.69, 9.17) is 11.6 Å². The Balaban J connectivity index is 2.84. The molecule has 1 aromatic carbocycles. The maximum absolute atomic E-state index is 12.2. The maximum Gasteiger partial charge on any atom is 0.228 e. The van der Waals surface area contributed by atoms with Gasteiger partial charge < -0.3 is 5.32 Å². The summed E-state index contributed by atoms with van der Waals surface area (Å²) in [4.78, 5) is 12.2. The molecule has 0 spiro atoms. The zero-order valence-corrected chi connectivity index (χ0v) is 12.5. The van der Waals surface area contributed by atoms with E-state index in [9.17, 15) is 10.1 Å². The summed E-state index contributed by atoms with van der Waals surface area (Å²) >= 11 is 5.82. The summed E-state index contributed by atoms with van der Waals surface area (Å²) in [6, 6.07) is 9.33. The Labute approximate surface area is 119 Å². The number of hydrogen-bond acceptors (Lipinski definition) is 2. The molecule has 0 fully saturated rings. The Morgan fingerprint density at radius 1 is 1.32 bits per heavy atom. The first kappa shape index (κ1) is 15.5. The van der Waals surface area contributed by atoms with Crippen molar-refractivity contribution < 1.29 is 4.79 Å². The summed E-state index contributed by atoms with van der Waals surface area (Å²) in [6.45, 7) is 7.38. The average molecular weight is 279 g/mol. The summed E-state index contributed by atoms with van der Waals surface area (Å²) in [5.41, 5.74) is 0.0311. The molecule has 0 aliphatic carbocycles. The summed E-state index contributed by atoms with van der Waals surface area (Å²) in [5.74, 6) is -0.428. The van der Waals surface area contributed by atoms with E-state index in [2.05, 4.69) is 11.4 Å². The van der Waals surface area contributed by atoms with Gasteiger partial charge in [-0.25, -0.2) is 0 Å². The van der Waals surface area contributed by atoms with Crippen molar-refractivity contribution in [2.24, 2.45) is 5.92 Å². The van der Waals surface area contributed by atoms with Gasteiger partial charge in [0.05, 0.1) is 12.0 Å². The standard InChI is InChI=1S/C15H19ClN2O/c1-10(2)15(4,9-17)18-14(19)11(3)12-5-7-13(16)8-6-12/h5-8,10-11H,1-4H3,(H,18,19). The molecule has 0 radical (unpaired) electrons. The molecule has 1 N–H and O–H groups in total. The smallest absolute Gasteiger partial charge is 0.228 e. The number of amides is 1. The quantitative estimate of drug-likeness (QED) is 0.916. The number of nitrogens with zero attached hydrogens (tertiary/aromatic N) is 1. The molecule has 0 saturated heterocycles. The van der Waals surface area contributed by atoms with Crippen molar-refractivity contribution in [1.82, 2.24) is 5.32 Å². The van der Waals surface area contributed by atoms with Gasteiger partial charge in [-0.15, -0.1) is 0 Å². The zero-order valence-electron chi connectivity index (χ0n) is 11.7. The van der Waals surface area contributed by atoms with Crippen molar-refractivity contribution in [3.8, 4) is 6.07 Å². The predicted octanol–water partition coefficient (Wildman–Crippen LogP) is 3.50. The number of hydrogen-bond donors (Lipinski definition) is 1. The first-order chi connectivity index (χ1) is 8.80. The maximum atomic E-state index is 12.2. The molecule has 1 aromatic rings. The molecule has 0 heterocycles. The van der Waals surface area contributed by atoms with Crippen LogP contribution in [0.25, 0.3) is 0 Å². The number of nitriles is 1. The van der Waals surface area contributed by atoms with Crippen LogP contribution >= 0.6 is 11.6 Å². The summed E-state index contributed by atoms with van der Waals surface area (Å²) in [5, 5.41) is 12.7. The third-order valence-corrected chi connectivity index (χ3v) is 3.79. The van der Waals surface area contributed by atoms with Crippen molar-refractivity contribution in [2.45, 2.75) is 39.2 Å². The Hall–Kier alpha value is -1.53. The molecule has 0 aliphatic rings. The first-order valence-corrected chi connectivity index (χ1v) is 6.66. The van der Waals surface area contributed by atoms with Crippen LogP contribution in [-0.2, 0) is 4.79 Å². The summed E-state index contributed by atoms with van der Waals surface area (Å²) < 4.78 is 0. The largest absolute Gasteiger partial charge is 0.337 e. The molecule has 4 heteroatoms. The van der Waals surface area contributed by atoms with Crippen LogP contribution in [0.2, 0.25) is 5.02 Å². The molecule has 102 valence electrons. The highest BCUT2D eigenvalue weighted by Gasteiger charge is 2.31. The fraction of sp³-hybridized carbons (Fsp3) is 0.467. The second-order valence-electron chi connectivity index (χ2n) is 5.23. The molecular formula is C15H19ClN2O. The summed E-state index contributed by atoms with van der Waals surface area (Å²) in [6.07, 6.45) is 0. The fourth-order valence-corrected chi connectivity index (χ4v) is 1.69. The predicted molar refractivity (Wildman–Crippen MR) is 76.9 cm³/mol. The van der Waals surface area contributed by atoms with E-state index in [-0.39, 0.29) is 17.7 Å². The van der Waals surface area contributed by atoms with Crippen molar-refractivity contribution in [3.63, 3.8) is 0 Å². The van der Waals surface area contributed by atoms with Crippen molar-refractivity contribution in [1.29, 1.82) is 5.26 Å². The second kappa shape index (κ2) is 6.08. The van der Waals surface area contributed by atoms with E-state index in [1.807, 2.05) is 32.9 Å².